The van der Waals surface area contributed by atoms with Crippen molar-refractivity contribution in [3.8, 4) is 11.5 Å². The van der Waals surface area contributed by atoms with Crippen LogP contribution in [0.4, 0.5) is 15.0 Å². The molecule has 3 aromatic rings. The van der Waals surface area contributed by atoms with Gasteiger partial charge in [-0.3, -0.25) is 4.40 Å². The number of hydrogen-bond acceptors (Lipinski definition) is 5. The van der Waals surface area contributed by atoms with Gasteiger partial charge in [0.25, 0.3) is 0 Å². The molecule has 0 aromatic carbocycles. The van der Waals surface area contributed by atoms with Gasteiger partial charge in [0.15, 0.2) is 5.82 Å². The lowest BCUT2D eigenvalue weighted by Gasteiger charge is -2.32. The Labute approximate surface area is 166 Å². The number of aromatic nitrogens is 4. The van der Waals surface area contributed by atoms with E-state index in [0.29, 0.717) is 36.2 Å². The third kappa shape index (κ3) is 3.48. The normalized spacial score (nSPS) is 19.5. The molecule has 9 heteroatoms. The van der Waals surface area contributed by atoms with Crippen molar-refractivity contribution in [2.45, 2.75) is 37.6 Å². The SMILES string of the molecule is O=C(O)N1CCCC(Nc2nc(-c3cnc4ccc(F)cn34)ncc2C2CC2)C1. The van der Waals surface area contributed by atoms with Crippen LogP contribution in [0.15, 0.2) is 30.7 Å². The van der Waals surface area contributed by atoms with Gasteiger partial charge in [0.2, 0.25) is 0 Å². The first-order valence-electron chi connectivity index (χ1n) is 9.83. The molecule has 4 heterocycles. The number of halogens is 1. The number of fused-ring (bicyclic) bond motifs is 1. The van der Waals surface area contributed by atoms with Crippen molar-refractivity contribution in [2.75, 3.05) is 18.4 Å². The minimum atomic E-state index is -0.893. The quantitative estimate of drug-likeness (QED) is 0.702. The fraction of sp³-hybridized carbons (Fsp3) is 0.400. The second kappa shape index (κ2) is 6.98. The Kier molecular flexibility index (Phi) is 4.30. The second-order valence-corrected chi connectivity index (χ2v) is 7.70. The van der Waals surface area contributed by atoms with E-state index in [9.17, 15) is 14.3 Å². The van der Waals surface area contributed by atoms with Crippen molar-refractivity contribution in [3.05, 3.63) is 42.1 Å². The van der Waals surface area contributed by atoms with Crippen molar-refractivity contribution < 1.29 is 14.3 Å². The van der Waals surface area contributed by atoms with Gasteiger partial charge in [-0.1, -0.05) is 0 Å². The van der Waals surface area contributed by atoms with Gasteiger partial charge in [0.05, 0.1) is 6.20 Å². The van der Waals surface area contributed by atoms with E-state index in [0.717, 1.165) is 37.1 Å². The number of pyridine rings is 1. The maximum absolute atomic E-state index is 13.7. The Balaban J connectivity index is 1.49. The zero-order chi connectivity index (χ0) is 20.0. The van der Waals surface area contributed by atoms with Gasteiger partial charge in [-0.05, 0) is 43.7 Å². The maximum atomic E-state index is 13.7. The summed E-state index contributed by atoms with van der Waals surface area (Å²) in [5.74, 6) is 1.27. The molecule has 2 fully saturated rings. The number of likely N-dealkylation sites (tertiary alicyclic amines) is 1. The Morgan fingerprint density at radius 3 is 2.86 bits per heavy atom. The largest absolute Gasteiger partial charge is 0.465 e. The lowest BCUT2D eigenvalue weighted by Crippen LogP contribution is -2.44. The highest BCUT2D eigenvalue weighted by Crippen LogP contribution is 2.43. The molecule has 1 amide bonds. The fourth-order valence-electron chi connectivity index (χ4n) is 3.91. The average Bonchev–Trinajstić information content (AvgIpc) is 3.47. The standard InChI is InChI=1S/C20H21FN6O2/c21-13-5-6-17-22-9-16(27(17)10-13)19-23-8-15(12-3-4-12)18(25-19)24-14-2-1-7-26(11-14)20(28)29/h5-6,8-10,12,14H,1-4,7,11H2,(H,28,29)(H,23,24,25). The van der Waals surface area contributed by atoms with Gasteiger partial charge in [-0.2, -0.15) is 0 Å². The summed E-state index contributed by atoms with van der Waals surface area (Å²) in [7, 11) is 0. The van der Waals surface area contributed by atoms with E-state index in [1.165, 1.54) is 17.2 Å². The van der Waals surface area contributed by atoms with E-state index in [1.54, 1.807) is 16.7 Å². The summed E-state index contributed by atoms with van der Waals surface area (Å²) in [5, 5.41) is 12.8. The van der Waals surface area contributed by atoms with Gasteiger partial charge < -0.3 is 15.3 Å². The minimum Gasteiger partial charge on any atom is -0.465 e. The predicted molar refractivity (Wildman–Crippen MR) is 104 cm³/mol. The predicted octanol–water partition coefficient (Wildman–Crippen LogP) is 3.36. The van der Waals surface area contributed by atoms with Crippen molar-refractivity contribution in [1.29, 1.82) is 0 Å². The van der Waals surface area contributed by atoms with Gasteiger partial charge >= 0.3 is 6.09 Å². The minimum absolute atomic E-state index is 0.000251. The molecule has 5 rings (SSSR count). The van der Waals surface area contributed by atoms with Gasteiger partial charge in [-0.25, -0.2) is 24.1 Å². The maximum Gasteiger partial charge on any atom is 0.407 e. The first kappa shape index (κ1) is 17.8. The van der Waals surface area contributed by atoms with Crippen LogP contribution in [0.25, 0.3) is 17.2 Å². The van der Waals surface area contributed by atoms with Crippen LogP contribution >= 0.6 is 0 Å². The number of anilines is 1. The number of carboxylic acid groups (broad SMARTS) is 1. The van der Waals surface area contributed by atoms with E-state index in [1.807, 2.05) is 6.20 Å². The molecule has 8 nitrogen and oxygen atoms in total. The smallest absolute Gasteiger partial charge is 0.407 e. The number of piperidine rings is 1. The first-order valence-corrected chi connectivity index (χ1v) is 9.83. The Morgan fingerprint density at radius 1 is 1.21 bits per heavy atom. The number of nitrogens with one attached hydrogen (secondary N) is 1. The molecule has 1 atom stereocenters. The van der Waals surface area contributed by atoms with Crippen LogP contribution < -0.4 is 5.32 Å². The molecule has 1 aliphatic heterocycles. The molecule has 0 spiro atoms. The van der Waals surface area contributed by atoms with Crippen LogP contribution in [0.1, 0.15) is 37.2 Å². The topological polar surface area (TPSA) is 95.7 Å². The van der Waals surface area contributed by atoms with Crippen molar-refractivity contribution >= 4 is 17.6 Å². The third-order valence-electron chi connectivity index (χ3n) is 5.57. The highest BCUT2D eigenvalue weighted by atomic mass is 19.1. The molecular formula is C20H21FN6O2. The summed E-state index contributed by atoms with van der Waals surface area (Å²) >= 11 is 0. The number of hydrogen-bond donors (Lipinski definition) is 2. The fourth-order valence-corrected chi connectivity index (χ4v) is 3.91. The lowest BCUT2D eigenvalue weighted by atomic mass is 10.1. The van der Waals surface area contributed by atoms with Crippen LogP contribution in [0.5, 0.6) is 0 Å². The molecular weight excluding hydrogens is 375 g/mol. The summed E-state index contributed by atoms with van der Waals surface area (Å²) < 4.78 is 15.4. The molecule has 29 heavy (non-hydrogen) atoms. The molecule has 2 N–H and O–H groups in total. The molecule has 2 aliphatic rings. The average molecular weight is 396 g/mol. The summed E-state index contributed by atoms with van der Waals surface area (Å²) in [5.41, 5.74) is 2.29. The summed E-state index contributed by atoms with van der Waals surface area (Å²) in [4.78, 5) is 26.3. The van der Waals surface area contributed by atoms with Crippen LogP contribution in [0.2, 0.25) is 0 Å². The zero-order valence-electron chi connectivity index (χ0n) is 15.8. The molecule has 1 unspecified atom stereocenters. The van der Waals surface area contributed by atoms with Crippen LogP contribution in [-0.2, 0) is 0 Å². The number of rotatable bonds is 4. The molecule has 3 aromatic heterocycles. The van der Waals surface area contributed by atoms with Crippen LogP contribution in [0.3, 0.4) is 0 Å². The Hall–Kier alpha value is -3.23. The van der Waals surface area contributed by atoms with E-state index in [-0.39, 0.29) is 11.9 Å². The van der Waals surface area contributed by atoms with E-state index in [4.69, 9.17) is 4.98 Å². The molecule has 1 saturated carbocycles. The summed E-state index contributed by atoms with van der Waals surface area (Å²) in [6.45, 7) is 0.991. The highest BCUT2D eigenvalue weighted by molar-refractivity contribution is 5.65. The van der Waals surface area contributed by atoms with E-state index in [2.05, 4.69) is 15.3 Å². The summed E-state index contributed by atoms with van der Waals surface area (Å²) in [6, 6.07) is 2.98. The number of amides is 1. The molecule has 150 valence electrons. The molecule has 1 saturated heterocycles. The van der Waals surface area contributed by atoms with Crippen LogP contribution in [0, 0.1) is 5.82 Å². The van der Waals surface area contributed by atoms with E-state index < -0.39 is 6.09 Å². The van der Waals surface area contributed by atoms with Gasteiger partial charge in [0.1, 0.15) is 23.0 Å². The number of imidazole rings is 1. The number of carbonyl (C=O) groups is 1. The highest BCUT2D eigenvalue weighted by Gasteiger charge is 2.30. The summed E-state index contributed by atoms with van der Waals surface area (Å²) in [6.07, 6.45) is 7.84. The zero-order valence-corrected chi connectivity index (χ0v) is 15.8. The number of nitrogens with zero attached hydrogens (tertiary/aromatic N) is 5. The second-order valence-electron chi connectivity index (χ2n) is 7.70. The Bertz CT molecular complexity index is 1080. The van der Waals surface area contributed by atoms with Gasteiger partial charge in [-0.15, -0.1) is 0 Å². The van der Waals surface area contributed by atoms with Crippen LogP contribution in [-0.4, -0.2) is 54.6 Å². The Morgan fingerprint density at radius 2 is 2.07 bits per heavy atom. The van der Waals surface area contributed by atoms with Crippen molar-refractivity contribution in [1.82, 2.24) is 24.3 Å². The lowest BCUT2D eigenvalue weighted by molar-refractivity contribution is 0.132. The molecule has 1 aliphatic carbocycles. The third-order valence-corrected chi connectivity index (χ3v) is 5.57. The molecule has 0 radical (unpaired) electrons. The monoisotopic (exact) mass is 396 g/mol. The van der Waals surface area contributed by atoms with Gasteiger partial charge in [0, 0.05) is 37.1 Å². The first-order chi connectivity index (χ1) is 14.1. The van der Waals surface area contributed by atoms with E-state index >= 15 is 0 Å². The van der Waals surface area contributed by atoms with Crippen molar-refractivity contribution in [2.24, 2.45) is 0 Å². The van der Waals surface area contributed by atoms with Crippen molar-refractivity contribution in [3.63, 3.8) is 0 Å². The molecule has 0 bridgehead atoms.